The number of aromatic nitrogens is 1. The Morgan fingerprint density at radius 3 is 2.53 bits per heavy atom. The lowest BCUT2D eigenvalue weighted by Crippen LogP contribution is -2.25. The highest BCUT2D eigenvalue weighted by molar-refractivity contribution is 6.36. The number of nitrogens with one attached hydrogen (secondary N) is 2. The van der Waals surface area contributed by atoms with Gasteiger partial charge in [0.2, 0.25) is 5.88 Å². The Balaban J connectivity index is 1.58. The van der Waals surface area contributed by atoms with Gasteiger partial charge in [0, 0.05) is 41.7 Å². The second kappa shape index (κ2) is 13.4. The highest BCUT2D eigenvalue weighted by atomic mass is 35.5. The van der Waals surface area contributed by atoms with Crippen LogP contribution in [0.25, 0.3) is 22.4 Å². The molecule has 2 atom stereocenters. The molecule has 0 radical (unpaired) electrons. The van der Waals surface area contributed by atoms with Crippen LogP contribution >= 0.6 is 11.6 Å². The van der Waals surface area contributed by atoms with Crippen molar-refractivity contribution in [3.63, 3.8) is 0 Å². The summed E-state index contributed by atoms with van der Waals surface area (Å²) >= 11 is 7.23. The molecule has 1 fully saturated rings. The maximum atomic E-state index is 13.8. The molecule has 5 rings (SSSR count). The Bertz CT molecular complexity index is 1590. The maximum Gasteiger partial charge on any atom is 0.257 e. The van der Waals surface area contributed by atoms with Crippen LogP contribution in [0.2, 0.25) is 5.02 Å². The van der Waals surface area contributed by atoms with Gasteiger partial charge in [-0.3, -0.25) is 4.79 Å². The van der Waals surface area contributed by atoms with Crippen molar-refractivity contribution in [3.05, 3.63) is 87.1 Å². The molecule has 2 aliphatic carbocycles. The summed E-state index contributed by atoms with van der Waals surface area (Å²) in [5, 5.41) is 7.13. The molecule has 0 aliphatic heterocycles. The van der Waals surface area contributed by atoms with Crippen LogP contribution in [-0.2, 0) is 11.2 Å². The van der Waals surface area contributed by atoms with E-state index in [1.807, 2.05) is 37.4 Å². The van der Waals surface area contributed by atoms with Gasteiger partial charge < -0.3 is 21.1 Å². The van der Waals surface area contributed by atoms with Crippen molar-refractivity contribution in [2.45, 2.75) is 71.1 Å². The normalized spacial score (nSPS) is 16.8. The molecule has 1 saturated carbocycles. The first kappa shape index (κ1) is 30.8. The summed E-state index contributed by atoms with van der Waals surface area (Å²) in [5.41, 5.74) is 16.6. The van der Waals surface area contributed by atoms with Crippen LogP contribution in [-0.4, -0.2) is 31.6 Å². The van der Waals surface area contributed by atoms with Crippen molar-refractivity contribution in [2.24, 2.45) is 5.73 Å². The molecule has 0 spiro atoms. The van der Waals surface area contributed by atoms with Crippen molar-refractivity contribution >= 4 is 23.2 Å². The molecule has 43 heavy (non-hydrogen) atoms. The van der Waals surface area contributed by atoms with E-state index in [1.54, 1.807) is 13.2 Å². The number of allylic oxidation sites excluding steroid dienone is 1. The van der Waals surface area contributed by atoms with Gasteiger partial charge in [-0.2, -0.15) is 0 Å². The van der Waals surface area contributed by atoms with E-state index in [-0.39, 0.29) is 18.4 Å². The van der Waals surface area contributed by atoms with Gasteiger partial charge in [-0.05, 0) is 84.8 Å². The minimum Gasteiger partial charge on any atom is -0.481 e. The van der Waals surface area contributed by atoms with Gasteiger partial charge >= 0.3 is 0 Å². The molecular formula is C36H43ClN4O2. The fraction of sp³-hybridized carbons (Fsp3) is 0.389. The molecule has 1 aromatic heterocycles. The number of methoxy groups -OCH3 is 1. The molecule has 1 heterocycles. The number of carbonyl (C=O) groups is 1. The van der Waals surface area contributed by atoms with E-state index >= 15 is 0 Å². The third kappa shape index (κ3) is 5.96. The molecule has 2 aliphatic rings. The lowest BCUT2D eigenvalue weighted by molar-refractivity contribution is -0.112. The van der Waals surface area contributed by atoms with E-state index in [0.717, 1.165) is 77.9 Å². The molecule has 0 saturated heterocycles. The largest absolute Gasteiger partial charge is 0.481 e. The predicted octanol–water partition coefficient (Wildman–Crippen LogP) is 8.12. The quantitative estimate of drug-likeness (QED) is 0.205. The molecular weight excluding hydrogens is 556 g/mol. The molecule has 3 aromatic rings. The van der Waals surface area contributed by atoms with Crippen LogP contribution in [0, 0.1) is 0 Å². The number of nitrogens with zero attached hydrogens (tertiary/aromatic N) is 1. The molecule has 2 unspecified atom stereocenters. The van der Waals surface area contributed by atoms with Crippen molar-refractivity contribution in [2.75, 3.05) is 26.0 Å². The second-order valence-corrected chi connectivity index (χ2v) is 12.0. The zero-order valence-corrected chi connectivity index (χ0v) is 26.7. The average molecular weight is 599 g/mol. The summed E-state index contributed by atoms with van der Waals surface area (Å²) in [6.45, 7) is 6.85. The van der Waals surface area contributed by atoms with E-state index in [2.05, 4.69) is 43.5 Å². The van der Waals surface area contributed by atoms with Gasteiger partial charge in [0.1, 0.15) is 0 Å². The Labute approximate surface area is 260 Å². The second-order valence-electron chi connectivity index (χ2n) is 11.7. The van der Waals surface area contributed by atoms with Crippen molar-refractivity contribution in [1.29, 1.82) is 0 Å². The lowest BCUT2D eigenvalue weighted by Gasteiger charge is -2.25. The number of benzene rings is 2. The number of fused-ring (bicyclic) bond motifs is 1. The van der Waals surface area contributed by atoms with Crippen molar-refractivity contribution in [3.8, 4) is 28.3 Å². The summed E-state index contributed by atoms with van der Waals surface area (Å²) in [5.74, 6) is 1.11. The molecule has 1 amide bonds. The first-order valence-corrected chi connectivity index (χ1v) is 15.8. The number of aryl methyl sites for hydroxylation is 1. The van der Waals surface area contributed by atoms with Gasteiger partial charge in [-0.25, -0.2) is 4.98 Å². The predicted molar refractivity (Wildman–Crippen MR) is 178 cm³/mol. The van der Waals surface area contributed by atoms with Crippen molar-refractivity contribution in [1.82, 2.24) is 10.3 Å². The fourth-order valence-electron chi connectivity index (χ4n) is 6.43. The molecule has 6 nitrogen and oxygen atoms in total. The van der Waals surface area contributed by atoms with E-state index < -0.39 is 0 Å². The van der Waals surface area contributed by atoms with Gasteiger partial charge in [0.25, 0.3) is 5.91 Å². The summed E-state index contributed by atoms with van der Waals surface area (Å²) in [6.07, 6.45) is 7.94. The standard InChI is InChI=1S/C36H43ClN4O2/c1-6-21(2)32-25(12-9-15-29(32)40-35(42)28(18-19-38)34(39-4)23-10-7-11-23)26-13-8-14-27(33(26)37)30-20-24-17-16-22(3)31(24)36(41-30)43-5/h8-9,12-15,18,20-22,39H,6-7,10-11,16-17,19,38H2,1-5H3,(H,40,42)/b28-18+. The monoisotopic (exact) mass is 598 g/mol. The van der Waals surface area contributed by atoms with E-state index in [1.165, 1.54) is 16.7 Å². The van der Waals surface area contributed by atoms with Gasteiger partial charge in [0.05, 0.1) is 23.4 Å². The third-order valence-corrected chi connectivity index (χ3v) is 9.47. The van der Waals surface area contributed by atoms with Gasteiger partial charge in [-0.1, -0.05) is 68.8 Å². The number of likely N-dealkylation sites (N-methyl/N-ethyl adjacent to an activating group) is 1. The number of ether oxygens (including phenoxy) is 1. The third-order valence-electron chi connectivity index (χ3n) is 9.06. The number of amides is 1. The summed E-state index contributed by atoms with van der Waals surface area (Å²) < 4.78 is 5.73. The summed E-state index contributed by atoms with van der Waals surface area (Å²) in [4.78, 5) is 18.7. The van der Waals surface area contributed by atoms with Crippen LogP contribution in [0.5, 0.6) is 5.88 Å². The molecule has 226 valence electrons. The zero-order chi connectivity index (χ0) is 30.7. The van der Waals surface area contributed by atoms with Crippen LogP contribution in [0.3, 0.4) is 0 Å². The number of hydrogen-bond donors (Lipinski definition) is 3. The molecule has 2 aromatic carbocycles. The molecule has 0 bridgehead atoms. The number of halogens is 1. The number of hydrogen-bond acceptors (Lipinski definition) is 5. The number of anilines is 1. The number of nitrogens with two attached hydrogens (primary N) is 1. The van der Waals surface area contributed by atoms with Crippen LogP contribution in [0.15, 0.2) is 65.4 Å². The topological polar surface area (TPSA) is 89.3 Å². The Hall–Kier alpha value is -3.61. The van der Waals surface area contributed by atoms with Gasteiger partial charge in [0.15, 0.2) is 0 Å². The minimum atomic E-state index is -0.167. The van der Waals surface area contributed by atoms with Crippen LogP contribution < -0.4 is 21.1 Å². The van der Waals surface area contributed by atoms with Crippen LogP contribution in [0.4, 0.5) is 5.69 Å². The fourth-order valence-corrected chi connectivity index (χ4v) is 6.75. The Morgan fingerprint density at radius 1 is 1.16 bits per heavy atom. The summed E-state index contributed by atoms with van der Waals surface area (Å²) in [7, 11) is 3.55. The molecule has 4 N–H and O–H groups in total. The average Bonchev–Trinajstić information content (AvgIpc) is 3.37. The maximum absolute atomic E-state index is 13.8. The first-order valence-electron chi connectivity index (χ1n) is 15.4. The number of rotatable bonds is 10. The molecule has 7 heteroatoms. The van der Waals surface area contributed by atoms with E-state index in [0.29, 0.717) is 22.4 Å². The SMILES string of the molecule is CCC(C)c1c(NC(=O)/C(=C/CN)C(NC)=C2CCC2)cccc1-c1cccc(-c2cc3c(c(OC)n2)C(C)CC3)c1Cl. The van der Waals surface area contributed by atoms with Crippen LogP contribution in [0.1, 0.15) is 81.4 Å². The van der Waals surface area contributed by atoms with E-state index in [9.17, 15) is 4.79 Å². The van der Waals surface area contributed by atoms with E-state index in [4.69, 9.17) is 27.1 Å². The Kier molecular flexibility index (Phi) is 9.58. The first-order chi connectivity index (χ1) is 20.8. The summed E-state index contributed by atoms with van der Waals surface area (Å²) in [6, 6.07) is 14.3. The zero-order valence-electron chi connectivity index (χ0n) is 25.9. The number of pyridine rings is 1. The minimum absolute atomic E-state index is 0.167. The van der Waals surface area contributed by atoms with Crippen molar-refractivity contribution < 1.29 is 9.53 Å². The highest BCUT2D eigenvalue weighted by Gasteiger charge is 2.27. The highest BCUT2D eigenvalue weighted by Crippen LogP contribution is 2.45. The van der Waals surface area contributed by atoms with Gasteiger partial charge in [-0.15, -0.1) is 0 Å². The lowest BCUT2D eigenvalue weighted by atomic mass is 9.87. The Morgan fingerprint density at radius 2 is 1.88 bits per heavy atom. The number of carbonyl (C=O) groups excluding carboxylic acids is 1. The smallest absolute Gasteiger partial charge is 0.257 e.